The van der Waals surface area contributed by atoms with Crippen LogP contribution >= 0.6 is 0 Å². The molecule has 0 aromatic heterocycles. The number of amides is 1. The Balaban J connectivity index is 0. The lowest BCUT2D eigenvalue weighted by Gasteiger charge is -2.15. The maximum absolute atomic E-state index is 11.7. The number of hydrogen-bond donors (Lipinski definition) is 2. The minimum absolute atomic E-state index is 0.112. The number of allylic oxidation sites excluding steroid dienone is 12. The first-order chi connectivity index (χ1) is 16.2. The van der Waals surface area contributed by atoms with E-state index in [1.807, 2.05) is 20.9 Å². The van der Waals surface area contributed by atoms with Gasteiger partial charge < -0.3 is 16.0 Å². The highest BCUT2D eigenvalue weighted by molar-refractivity contribution is 5.75. The summed E-state index contributed by atoms with van der Waals surface area (Å²) in [5.74, 6) is 0.112. The first kappa shape index (κ1) is 33.0. The minimum Gasteiger partial charge on any atom is -0.355 e. The summed E-state index contributed by atoms with van der Waals surface area (Å²) in [6.45, 7) is 9.17. The Morgan fingerprint density at radius 1 is 0.727 bits per heavy atom. The molecular weight excluding hydrogens is 406 g/mol. The van der Waals surface area contributed by atoms with Gasteiger partial charge in [0.25, 0.3) is 0 Å². The van der Waals surface area contributed by atoms with Crippen molar-refractivity contribution in [3.05, 3.63) is 72.9 Å². The fourth-order valence-corrected chi connectivity index (χ4v) is 2.66. The van der Waals surface area contributed by atoms with Crippen LogP contribution in [0.1, 0.15) is 72.1 Å². The average molecular weight is 458 g/mol. The number of nitrogens with zero attached hydrogens (tertiary/aromatic N) is 1. The van der Waals surface area contributed by atoms with Gasteiger partial charge in [-0.3, -0.25) is 4.79 Å². The molecule has 0 unspecified atom stereocenters. The molecule has 0 bridgehead atoms. The molecular formula is C29H51N3O. The van der Waals surface area contributed by atoms with E-state index in [2.05, 4.69) is 90.1 Å². The van der Waals surface area contributed by atoms with Crippen molar-refractivity contribution >= 4 is 5.91 Å². The van der Waals surface area contributed by atoms with Crippen LogP contribution in [0, 0.1) is 0 Å². The standard InChI is InChI=1S/C27H45N3O.C2H6/c1-3-4-5-6-7-8-9-10-11-12-13-14-15-16-17-18-19-20-21-22-27(31)29-24-26-30(2)25-23-28;1-2/h4-5,7-8,10-11,13-14,16-17,19-20H,3,6,9,12,15,18,21-26,28H2,1-2H3,(H,29,31);1-2H3/b5-4-,8-7-,11-10-,14-13-,17-16-,20-19-;. The van der Waals surface area contributed by atoms with E-state index < -0.39 is 0 Å². The Hall–Kier alpha value is -2.17. The minimum atomic E-state index is 0.112. The topological polar surface area (TPSA) is 58.4 Å². The van der Waals surface area contributed by atoms with E-state index >= 15 is 0 Å². The van der Waals surface area contributed by atoms with Gasteiger partial charge in [-0.15, -0.1) is 0 Å². The van der Waals surface area contributed by atoms with Crippen LogP contribution in [0.15, 0.2) is 72.9 Å². The molecule has 0 fully saturated rings. The van der Waals surface area contributed by atoms with Gasteiger partial charge in [0.1, 0.15) is 0 Å². The van der Waals surface area contributed by atoms with Crippen molar-refractivity contribution in [3.8, 4) is 0 Å². The molecule has 0 aromatic rings. The Bertz CT molecular complexity index is 586. The molecule has 188 valence electrons. The molecule has 0 rings (SSSR count). The zero-order valence-electron chi connectivity index (χ0n) is 21.8. The number of carbonyl (C=O) groups is 1. The summed E-state index contributed by atoms with van der Waals surface area (Å²) in [6.07, 6.45) is 33.6. The lowest BCUT2D eigenvalue weighted by Crippen LogP contribution is -2.35. The first-order valence-electron chi connectivity index (χ1n) is 12.8. The second-order valence-corrected chi connectivity index (χ2v) is 7.40. The van der Waals surface area contributed by atoms with Crippen LogP contribution in [0.4, 0.5) is 0 Å². The van der Waals surface area contributed by atoms with E-state index in [0.717, 1.165) is 58.0 Å². The molecule has 4 nitrogen and oxygen atoms in total. The summed E-state index contributed by atoms with van der Waals surface area (Å²) in [5, 5.41) is 2.94. The summed E-state index contributed by atoms with van der Waals surface area (Å²) in [4.78, 5) is 13.9. The van der Waals surface area contributed by atoms with Gasteiger partial charge in [-0.05, 0) is 52.0 Å². The molecule has 33 heavy (non-hydrogen) atoms. The fraction of sp³-hybridized carbons (Fsp3) is 0.552. The molecule has 0 atom stereocenters. The fourth-order valence-electron chi connectivity index (χ4n) is 2.66. The van der Waals surface area contributed by atoms with Crippen molar-refractivity contribution < 1.29 is 4.79 Å². The van der Waals surface area contributed by atoms with Gasteiger partial charge in [0.15, 0.2) is 0 Å². The lowest BCUT2D eigenvalue weighted by molar-refractivity contribution is -0.121. The van der Waals surface area contributed by atoms with E-state index in [-0.39, 0.29) is 5.91 Å². The average Bonchev–Trinajstić information content (AvgIpc) is 2.82. The molecule has 0 aliphatic rings. The summed E-state index contributed by atoms with van der Waals surface area (Å²) in [6, 6.07) is 0. The third-order valence-electron chi connectivity index (χ3n) is 4.46. The van der Waals surface area contributed by atoms with Crippen LogP contribution < -0.4 is 11.1 Å². The molecule has 3 N–H and O–H groups in total. The van der Waals surface area contributed by atoms with Crippen molar-refractivity contribution in [3.63, 3.8) is 0 Å². The number of carbonyl (C=O) groups excluding carboxylic acids is 1. The molecule has 0 spiro atoms. The number of nitrogens with two attached hydrogens (primary N) is 1. The zero-order chi connectivity index (χ0) is 24.8. The van der Waals surface area contributed by atoms with E-state index in [0.29, 0.717) is 19.5 Å². The highest BCUT2D eigenvalue weighted by Crippen LogP contribution is 1.97. The molecule has 0 aliphatic heterocycles. The molecule has 0 aliphatic carbocycles. The van der Waals surface area contributed by atoms with Crippen molar-refractivity contribution in [2.45, 2.75) is 72.1 Å². The van der Waals surface area contributed by atoms with Gasteiger partial charge in [0, 0.05) is 32.6 Å². The van der Waals surface area contributed by atoms with Crippen LogP contribution in [0.25, 0.3) is 0 Å². The molecule has 0 aromatic carbocycles. The first-order valence-corrected chi connectivity index (χ1v) is 12.8. The van der Waals surface area contributed by atoms with Crippen molar-refractivity contribution in [2.24, 2.45) is 5.73 Å². The summed E-state index contributed by atoms with van der Waals surface area (Å²) >= 11 is 0. The van der Waals surface area contributed by atoms with Crippen molar-refractivity contribution in [1.82, 2.24) is 10.2 Å². The van der Waals surface area contributed by atoms with Crippen LogP contribution in [0.3, 0.4) is 0 Å². The molecule has 0 saturated heterocycles. The third kappa shape index (κ3) is 29.8. The van der Waals surface area contributed by atoms with Crippen molar-refractivity contribution in [2.75, 3.05) is 33.2 Å². The smallest absolute Gasteiger partial charge is 0.220 e. The van der Waals surface area contributed by atoms with E-state index in [9.17, 15) is 4.79 Å². The zero-order valence-corrected chi connectivity index (χ0v) is 21.8. The van der Waals surface area contributed by atoms with Gasteiger partial charge in [-0.2, -0.15) is 0 Å². The summed E-state index contributed by atoms with van der Waals surface area (Å²) < 4.78 is 0. The number of likely N-dealkylation sites (N-methyl/N-ethyl adjacent to an activating group) is 1. The summed E-state index contributed by atoms with van der Waals surface area (Å²) in [7, 11) is 2.01. The molecule has 4 heteroatoms. The van der Waals surface area contributed by atoms with Crippen LogP contribution in [0.5, 0.6) is 0 Å². The Kier molecular flexibility index (Phi) is 29.8. The number of hydrogen-bond acceptors (Lipinski definition) is 3. The second kappa shape index (κ2) is 29.8. The van der Waals surface area contributed by atoms with Crippen LogP contribution in [-0.4, -0.2) is 44.0 Å². The molecule has 0 saturated carbocycles. The quantitative estimate of drug-likeness (QED) is 0.218. The highest BCUT2D eigenvalue weighted by atomic mass is 16.1. The lowest BCUT2D eigenvalue weighted by atomic mass is 10.2. The normalized spacial score (nSPS) is 12.3. The van der Waals surface area contributed by atoms with Gasteiger partial charge in [-0.1, -0.05) is 93.7 Å². The van der Waals surface area contributed by atoms with E-state index in [4.69, 9.17) is 5.73 Å². The maximum Gasteiger partial charge on any atom is 0.220 e. The molecule has 0 heterocycles. The second-order valence-electron chi connectivity index (χ2n) is 7.40. The van der Waals surface area contributed by atoms with Crippen LogP contribution in [-0.2, 0) is 4.79 Å². The highest BCUT2D eigenvalue weighted by Gasteiger charge is 2.00. The number of nitrogens with one attached hydrogen (secondary N) is 1. The van der Waals surface area contributed by atoms with Crippen molar-refractivity contribution in [1.29, 1.82) is 0 Å². The Morgan fingerprint density at radius 2 is 1.15 bits per heavy atom. The Morgan fingerprint density at radius 3 is 1.58 bits per heavy atom. The molecule has 0 radical (unpaired) electrons. The number of rotatable bonds is 19. The SMILES string of the molecule is CC.CC/C=C\C/C=C\C/C=C\C/C=C\C/C=C\C/C=C\CCC(=O)NCCN(C)CCN. The largest absolute Gasteiger partial charge is 0.355 e. The van der Waals surface area contributed by atoms with Gasteiger partial charge in [0.05, 0.1) is 0 Å². The predicted octanol–water partition coefficient (Wildman–Crippen LogP) is 6.50. The summed E-state index contributed by atoms with van der Waals surface area (Å²) in [5.41, 5.74) is 5.49. The van der Waals surface area contributed by atoms with Crippen LogP contribution in [0.2, 0.25) is 0 Å². The Labute approximate surface area is 205 Å². The van der Waals surface area contributed by atoms with Gasteiger partial charge in [-0.25, -0.2) is 0 Å². The van der Waals surface area contributed by atoms with Gasteiger partial charge in [0.2, 0.25) is 5.91 Å². The third-order valence-corrected chi connectivity index (χ3v) is 4.46. The predicted molar refractivity (Wildman–Crippen MR) is 148 cm³/mol. The van der Waals surface area contributed by atoms with Gasteiger partial charge >= 0.3 is 0 Å². The maximum atomic E-state index is 11.7. The van der Waals surface area contributed by atoms with E-state index in [1.165, 1.54) is 0 Å². The monoisotopic (exact) mass is 457 g/mol. The molecule has 1 amide bonds. The van der Waals surface area contributed by atoms with E-state index in [1.54, 1.807) is 0 Å².